The summed E-state index contributed by atoms with van der Waals surface area (Å²) >= 11 is 0. The van der Waals surface area contributed by atoms with Crippen LogP contribution in [-0.2, 0) is 0 Å². The second-order valence-corrected chi connectivity index (χ2v) is 5.99. The minimum Gasteiger partial charge on any atom is -0.370 e. The lowest BCUT2D eigenvalue weighted by Crippen LogP contribution is -2.55. The first kappa shape index (κ1) is 13.6. The van der Waals surface area contributed by atoms with Crippen LogP contribution in [0, 0.1) is 6.92 Å². The molecule has 0 radical (unpaired) electrons. The number of anilines is 2. The van der Waals surface area contributed by atoms with E-state index in [1.54, 1.807) is 6.33 Å². The van der Waals surface area contributed by atoms with Crippen LogP contribution in [0.3, 0.4) is 0 Å². The van der Waals surface area contributed by atoms with Gasteiger partial charge in [-0.25, -0.2) is 9.97 Å². The van der Waals surface area contributed by atoms with Crippen LogP contribution in [0.25, 0.3) is 0 Å². The number of hydrogen-bond acceptors (Lipinski definition) is 5. The second-order valence-electron chi connectivity index (χ2n) is 5.99. The highest BCUT2D eigenvalue weighted by Crippen LogP contribution is 2.30. The fourth-order valence-corrected chi connectivity index (χ4v) is 3.56. The summed E-state index contributed by atoms with van der Waals surface area (Å²) in [5.74, 6) is 2.08. The van der Waals surface area contributed by atoms with Crippen molar-refractivity contribution in [3.8, 4) is 0 Å². The molecule has 2 aliphatic rings. The molecule has 0 amide bonds. The molecule has 2 atom stereocenters. The monoisotopic (exact) mass is 275 g/mol. The van der Waals surface area contributed by atoms with E-state index in [0.29, 0.717) is 12.1 Å². The van der Waals surface area contributed by atoms with Gasteiger partial charge in [0.2, 0.25) is 0 Å². The first-order valence-corrected chi connectivity index (χ1v) is 7.77. The number of hydrogen-bond donors (Lipinski definition) is 1. The topological polar surface area (TPSA) is 44.3 Å². The van der Waals surface area contributed by atoms with E-state index in [2.05, 4.69) is 45.9 Å². The van der Waals surface area contributed by atoms with Crippen molar-refractivity contribution in [2.45, 2.75) is 45.7 Å². The minimum absolute atomic E-state index is 0.521. The Kier molecular flexibility index (Phi) is 3.78. The average Bonchev–Trinajstić information content (AvgIpc) is 2.88. The Labute approximate surface area is 121 Å². The second kappa shape index (κ2) is 5.56. The van der Waals surface area contributed by atoms with Gasteiger partial charge < -0.3 is 10.2 Å². The molecular formula is C15H25N5. The molecule has 0 spiro atoms. The van der Waals surface area contributed by atoms with Gasteiger partial charge in [-0.3, -0.25) is 4.90 Å². The Balaban J connectivity index is 1.86. The van der Waals surface area contributed by atoms with Crippen molar-refractivity contribution in [2.24, 2.45) is 0 Å². The van der Waals surface area contributed by atoms with Crippen molar-refractivity contribution < 1.29 is 0 Å². The van der Waals surface area contributed by atoms with Crippen LogP contribution < -0.4 is 10.2 Å². The van der Waals surface area contributed by atoms with E-state index in [1.165, 1.54) is 24.9 Å². The summed E-state index contributed by atoms with van der Waals surface area (Å²) < 4.78 is 0. The smallest absolute Gasteiger partial charge is 0.137 e. The summed E-state index contributed by atoms with van der Waals surface area (Å²) in [6.45, 7) is 11.0. The van der Waals surface area contributed by atoms with Crippen LogP contribution >= 0.6 is 0 Å². The predicted octanol–water partition coefficient (Wildman–Crippen LogP) is 1.89. The molecule has 1 aromatic heterocycles. The zero-order valence-corrected chi connectivity index (χ0v) is 12.8. The quantitative estimate of drug-likeness (QED) is 0.912. The number of aromatic nitrogens is 2. The normalized spacial score (nSPS) is 26.6. The first-order valence-electron chi connectivity index (χ1n) is 7.77. The number of rotatable bonds is 3. The Hall–Kier alpha value is -1.36. The Morgan fingerprint density at radius 2 is 2.20 bits per heavy atom. The highest BCUT2D eigenvalue weighted by atomic mass is 15.3. The van der Waals surface area contributed by atoms with E-state index >= 15 is 0 Å². The molecule has 1 aromatic rings. The zero-order chi connectivity index (χ0) is 14.1. The molecule has 0 saturated carbocycles. The maximum atomic E-state index is 4.57. The number of nitrogens with zero attached hydrogens (tertiary/aromatic N) is 4. The summed E-state index contributed by atoms with van der Waals surface area (Å²) in [5.41, 5.74) is 1.17. The van der Waals surface area contributed by atoms with E-state index in [-0.39, 0.29) is 0 Å². The van der Waals surface area contributed by atoms with Crippen LogP contribution in [-0.4, -0.2) is 53.1 Å². The fraction of sp³-hybridized carbons (Fsp3) is 0.733. The molecule has 2 saturated heterocycles. The summed E-state index contributed by atoms with van der Waals surface area (Å²) in [4.78, 5) is 14.0. The molecule has 2 aliphatic heterocycles. The van der Waals surface area contributed by atoms with E-state index in [4.69, 9.17) is 0 Å². The number of fused-ring (bicyclic) bond motifs is 1. The van der Waals surface area contributed by atoms with E-state index < -0.39 is 0 Å². The Morgan fingerprint density at radius 1 is 1.35 bits per heavy atom. The maximum Gasteiger partial charge on any atom is 0.137 e. The van der Waals surface area contributed by atoms with Gasteiger partial charge in [-0.15, -0.1) is 0 Å². The summed E-state index contributed by atoms with van der Waals surface area (Å²) in [6.07, 6.45) is 4.36. The first-order chi connectivity index (χ1) is 9.70. The van der Waals surface area contributed by atoms with Crippen LogP contribution in [0.2, 0.25) is 0 Å². The van der Waals surface area contributed by atoms with Crippen LogP contribution in [0.15, 0.2) is 6.33 Å². The van der Waals surface area contributed by atoms with E-state index in [1.807, 2.05) is 0 Å². The zero-order valence-electron chi connectivity index (χ0n) is 12.8. The van der Waals surface area contributed by atoms with Crippen molar-refractivity contribution in [3.05, 3.63) is 11.9 Å². The standard InChI is InChI=1S/C15H25N5/c1-4-16-14-12(3)15(18-10-17-14)20-9-13-6-5-7-19(13)8-11(20)2/h10-11,13H,4-9H2,1-3H3,(H,16,17,18). The van der Waals surface area contributed by atoms with Gasteiger partial charge in [0.15, 0.2) is 0 Å². The fourth-order valence-electron chi connectivity index (χ4n) is 3.56. The Morgan fingerprint density at radius 3 is 3.00 bits per heavy atom. The molecule has 5 heteroatoms. The minimum atomic E-state index is 0.521. The molecular weight excluding hydrogens is 250 g/mol. The van der Waals surface area contributed by atoms with Crippen LogP contribution in [0.4, 0.5) is 11.6 Å². The lowest BCUT2D eigenvalue weighted by molar-refractivity contribution is 0.202. The molecule has 3 heterocycles. The molecule has 0 bridgehead atoms. The largest absolute Gasteiger partial charge is 0.370 e. The lowest BCUT2D eigenvalue weighted by atomic mass is 10.1. The van der Waals surface area contributed by atoms with Gasteiger partial charge in [0, 0.05) is 37.3 Å². The SMILES string of the molecule is CCNc1ncnc(N2CC3CCCN3CC2C)c1C. The van der Waals surface area contributed by atoms with Crippen molar-refractivity contribution in [3.63, 3.8) is 0 Å². The van der Waals surface area contributed by atoms with Crippen molar-refractivity contribution >= 4 is 11.6 Å². The highest BCUT2D eigenvalue weighted by Gasteiger charge is 2.35. The van der Waals surface area contributed by atoms with E-state index in [9.17, 15) is 0 Å². The van der Waals surface area contributed by atoms with Gasteiger partial charge >= 0.3 is 0 Å². The number of nitrogens with one attached hydrogen (secondary N) is 1. The molecule has 3 rings (SSSR count). The average molecular weight is 275 g/mol. The van der Waals surface area contributed by atoms with Gasteiger partial charge in [0.05, 0.1) is 0 Å². The predicted molar refractivity (Wildman–Crippen MR) is 82.3 cm³/mol. The van der Waals surface area contributed by atoms with E-state index in [0.717, 1.165) is 31.3 Å². The summed E-state index contributed by atoms with van der Waals surface area (Å²) in [6, 6.07) is 1.23. The number of piperazine rings is 1. The summed E-state index contributed by atoms with van der Waals surface area (Å²) in [7, 11) is 0. The lowest BCUT2D eigenvalue weighted by Gasteiger charge is -2.43. The van der Waals surface area contributed by atoms with Gasteiger partial charge in [-0.2, -0.15) is 0 Å². The molecule has 20 heavy (non-hydrogen) atoms. The van der Waals surface area contributed by atoms with Gasteiger partial charge in [-0.1, -0.05) is 0 Å². The van der Waals surface area contributed by atoms with Crippen LogP contribution in [0.1, 0.15) is 32.3 Å². The molecule has 1 N–H and O–H groups in total. The molecule has 2 unspecified atom stereocenters. The molecule has 0 aliphatic carbocycles. The van der Waals surface area contributed by atoms with Crippen LogP contribution in [0.5, 0.6) is 0 Å². The van der Waals surface area contributed by atoms with Gasteiger partial charge in [0.1, 0.15) is 18.0 Å². The van der Waals surface area contributed by atoms with Crippen molar-refractivity contribution in [2.75, 3.05) is 36.4 Å². The molecule has 5 nitrogen and oxygen atoms in total. The maximum absolute atomic E-state index is 4.57. The highest BCUT2D eigenvalue weighted by molar-refractivity contribution is 5.58. The molecule has 110 valence electrons. The summed E-state index contributed by atoms with van der Waals surface area (Å²) in [5, 5.41) is 3.33. The van der Waals surface area contributed by atoms with Crippen molar-refractivity contribution in [1.29, 1.82) is 0 Å². The Bertz CT molecular complexity index is 475. The third kappa shape index (κ3) is 2.35. The molecule has 0 aromatic carbocycles. The van der Waals surface area contributed by atoms with Gasteiger partial charge in [0.25, 0.3) is 0 Å². The third-order valence-corrected chi connectivity index (χ3v) is 4.61. The van der Waals surface area contributed by atoms with Gasteiger partial charge in [-0.05, 0) is 40.2 Å². The molecule has 2 fully saturated rings. The third-order valence-electron chi connectivity index (χ3n) is 4.61. The van der Waals surface area contributed by atoms with Crippen molar-refractivity contribution in [1.82, 2.24) is 14.9 Å².